The first-order valence-electron chi connectivity index (χ1n) is 5.62. The second kappa shape index (κ2) is 4.70. The molecule has 0 spiro atoms. The van der Waals surface area contributed by atoms with Crippen molar-refractivity contribution in [1.82, 2.24) is 10.2 Å². The van der Waals surface area contributed by atoms with Crippen LogP contribution in [-0.4, -0.2) is 42.0 Å². The van der Waals surface area contributed by atoms with Crippen LogP contribution in [0.1, 0.15) is 12.8 Å². The Bertz CT molecular complexity index is 345. The second-order valence-corrected chi connectivity index (χ2v) is 4.30. The summed E-state index contributed by atoms with van der Waals surface area (Å²) in [4.78, 5) is 2.11. The van der Waals surface area contributed by atoms with E-state index in [0.29, 0.717) is 13.0 Å². The minimum absolute atomic E-state index is 0.217. The number of hydrogen-bond acceptors (Lipinski definition) is 3. The molecule has 3 nitrogen and oxygen atoms in total. The van der Waals surface area contributed by atoms with Crippen LogP contribution in [0.3, 0.4) is 0 Å². The molecule has 1 unspecified atom stereocenters. The molecule has 1 fully saturated rings. The average Bonchev–Trinajstić information content (AvgIpc) is 2.16. The molecular formula is C11H15F3N2O. The Hall–Kier alpha value is -1.01. The van der Waals surface area contributed by atoms with Crippen molar-refractivity contribution in [3.8, 4) is 0 Å². The van der Waals surface area contributed by atoms with Gasteiger partial charge in [-0.25, -0.2) is 0 Å². The summed E-state index contributed by atoms with van der Waals surface area (Å²) in [5.74, 6) is 0. The zero-order chi connectivity index (χ0) is 12.5. The number of aliphatic hydroxyl groups is 1. The number of dihydropyridines is 1. The van der Waals surface area contributed by atoms with Gasteiger partial charge in [0.2, 0.25) is 0 Å². The maximum Gasteiger partial charge on any atom is 0.416 e. The van der Waals surface area contributed by atoms with Gasteiger partial charge in [-0.2, -0.15) is 13.2 Å². The van der Waals surface area contributed by atoms with E-state index in [9.17, 15) is 13.2 Å². The predicted octanol–water partition coefficient (Wildman–Crippen LogP) is 1.38. The lowest BCUT2D eigenvalue weighted by Gasteiger charge is -2.32. The van der Waals surface area contributed by atoms with Crippen LogP contribution >= 0.6 is 0 Å². The van der Waals surface area contributed by atoms with Crippen LogP contribution in [0.5, 0.6) is 0 Å². The zero-order valence-electron chi connectivity index (χ0n) is 9.30. The van der Waals surface area contributed by atoms with Gasteiger partial charge in [0, 0.05) is 12.7 Å². The molecule has 2 rings (SSSR count). The molecular weight excluding hydrogens is 233 g/mol. The molecule has 0 amide bonds. The summed E-state index contributed by atoms with van der Waals surface area (Å²) in [6, 6.07) is 0. The number of halogens is 3. The molecule has 0 aromatic carbocycles. The fourth-order valence-electron chi connectivity index (χ4n) is 1.94. The molecule has 1 atom stereocenters. The Labute approximate surface area is 97.6 Å². The maximum absolute atomic E-state index is 12.7. The third-order valence-electron chi connectivity index (χ3n) is 3.05. The summed E-state index contributed by atoms with van der Waals surface area (Å²) in [6.45, 7) is 2.57. The zero-order valence-corrected chi connectivity index (χ0v) is 9.30. The summed E-state index contributed by atoms with van der Waals surface area (Å²) < 4.78 is 38.2. The molecule has 2 aliphatic heterocycles. The minimum Gasteiger partial charge on any atom is -0.370 e. The summed E-state index contributed by atoms with van der Waals surface area (Å²) >= 11 is 0. The summed E-state index contributed by atoms with van der Waals surface area (Å²) in [7, 11) is 0. The Morgan fingerprint density at radius 3 is 2.65 bits per heavy atom. The van der Waals surface area contributed by atoms with E-state index in [1.54, 1.807) is 0 Å². The van der Waals surface area contributed by atoms with Crippen LogP contribution in [-0.2, 0) is 0 Å². The van der Waals surface area contributed by atoms with Crippen LogP contribution < -0.4 is 5.32 Å². The fraction of sp³-hybridized carbons (Fsp3) is 0.636. The van der Waals surface area contributed by atoms with Gasteiger partial charge in [-0.1, -0.05) is 0 Å². The number of alkyl halides is 3. The number of allylic oxidation sites excluding steroid dienone is 1. The first kappa shape index (κ1) is 12.4. The number of rotatable bonds is 3. The van der Waals surface area contributed by atoms with Crippen molar-refractivity contribution >= 4 is 0 Å². The summed E-state index contributed by atoms with van der Waals surface area (Å²) in [6.07, 6.45) is -2.08. The normalized spacial score (nSPS) is 25.8. The van der Waals surface area contributed by atoms with Crippen molar-refractivity contribution in [2.24, 2.45) is 0 Å². The second-order valence-electron chi connectivity index (χ2n) is 4.30. The minimum atomic E-state index is -4.40. The van der Waals surface area contributed by atoms with Gasteiger partial charge in [-0.3, -0.25) is 0 Å². The van der Waals surface area contributed by atoms with E-state index in [1.807, 2.05) is 0 Å². The Morgan fingerprint density at radius 1 is 1.41 bits per heavy atom. The highest BCUT2D eigenvalue weighted by Gasteiger charge is 2.37. The van der Waals surface area contributed by atoms with Crippen molar-refractivity contribution in [2.75, 3.05) is 19.6 Å². The van der Waals surface area contributed by atoms with Crippen molar-refractivity contribution in [2.45, 2.75) is 25.2 Å². The molecule has 0 saturated carbocycles. The lowest BCUT2D eigenvalue weighted by molar-refractivity contribution is -0.0911. The molecule has 17 heavy (non-hydrogen) atoms. The predicted molar refractivity (Wildman–Crippen MR) is 57.0 cm³/mol. The largest absolute Gasteiger partial charge is 0.416 e. The van der Waals surface area contributed by atoms with Crippen LogP contribution in [0.15, 0.2) is 23.4 Å². The van der Waals surface area contributed by atoms with Gasteiger partial charge in [0.15, 0.2) is 0 Å². The molecule has 1 saturated heterocycles. The molecule has 0 radical (unpaired) electrons. The van der Waals surface area contributed by atoms with E-state index in [2.05, 4.69) is 10.2 Å². The number of nitrogens with one attached hydrogen (secondary N) is 1. The van der Waals surface area contributed by atoms with Gasteiger partial charge in [-0.05, 0) is 37.6 Å². The van der Waals surface area contributed by atoms with Gasteiger partial charge in [0.1, 0.15) is 6.23 Å². The Kier molecular flexibility index (Phi) is 3.44. The summed E-state index contributed by atoms with van der Waals surface area (Å²) in [5.41, 5.74) is -0.501. The molecule has 0 aliphatic carbocycles. The topological polar surface area (TPSA) is 35.5 Å². The van der Waals surface area contributed by atoms with Gasteiger partial charge >= 0.3 is 6.18 Å². The van der Waals surface area contributed by atoms with Crippen LogP contribution in [0.4, 0.5) is 13.2 Å². The highest BCUT2D eigenvalue weighted by atomic mass is 19.4. The van der Waals surface area contributed by atoms with Gasteiger partial charge in [0.05, 0.1) is 5.57 Å². The lowest BCUT2D eigenvalue weighted by atomic mass is 9.99. The number of likely N-dealkylation sites (tertiary alicyclic amines) is 1. The SMILES string of the molecule is OC1C=C(C(F)(F)F)C(CCN2CCC2)=CN1. The van der Waals surface area contributed by atoms with E-state index >= 15 is 0 Å². The maximum atomic E-state index is 12.7. The number of aliphatic hydroxyl groups excluding tert-OH is 1. The van der Waals surface area contributed by atoms with Gasteiger partial charge < -0.3 is 15.3 Å². The van der Waals surface area contributed by atoms with Crippen LogP contribution in [0.2, 0.25) is 0 Å². The van der Waals surface area contributed by atoms with Gasteiger partial charge in [-0.15, -0.1) is 0 Å². The van der Waals surface area contributed by atoms with E-state index in [0.717, 1.165) is 25.6 Å². The number of hydrogen-bond donors (Lipinski definition) is 2. The highest BCUT2D eigenvalue weighted by Crippen LogP contribution is 2.34. The molecule has 0 aromatic heterocycles. The van der Waals surface area contributed by atoms with E-state index in [1.165, 1.54) is 6.20 Å². The van der Waals surface area contributed by atoms with Gasteiger partial charge in [0.25, 0.3) is 0 Å². The third kappa shape index (κ3) is 3.01. The van der Waals surface area contributed by atoms with Crippen molar-refractivity contribution < 1.29 is 18.3 Å². The van der Waals surface area contributed by atoms with E-state index < -0.39 is 18.0 Å². The molecule has 2 heterocycles. The molecule has 2 N–H and O–H groups in total. The highest BCUT2D eigenvalue weighted by molar-refractivity contribution is 5.37. The molecule has 96 valence electrons. The Morgan fingerprint density at radius 2 is 2.12 bits per heavy atom. The molecule has 2 aliphatic rings. The van der Waals surface area contributed by atoms with E-state index in [4.69, 9.17) is 5.11 Å². The van der Waals surface area contributed by atoms with Crippen LogP contribution in [0, 0.1) is 0 Å². The first-order valence-corrected chi connectivity index (χ1v) is 5.62. The molecule has 6 heteroatoms. The molecule has 0 aromatic rings. The Balaban J connectivity index is 2.00. The van der Waals surface area contributed by atoms with Crippen molar-refractivity contribution in [1.29, 1.82) is 0 Å². The average molecular weight is 248 g/mol. The van der Waals surface area contributed by atoms with Crippen molar-refractivity contribution in [3.63, 3.8) is 0 Å². The standard InChI is InChI=1S/C11H15F3N2O/c12-11(13,14)9-6-10(17)15-7-8(9)2-5-16-3-1-4-16/h6-7,10,15,17H,1-5H2. The van der Waals surface area contributed by atoms with E-state index in [-0.39, 0.29) is 5.57 Å². The summed E-state index contributed by atoms with van der Waals surface area (Å²) in [5, 5.41) is 11.6. The molecule has 0 bridgehead atoms. The van der Waals surface area contributed by atoms with Crippen LogP contribution in [0.25, 0.3) is 0 Å². The lowest BCUT2D eigenvalue weighted by Crippen LogP contribution is -2.38. The smallest absolute Gasteiger partial charge is 0.370 e. The number of nitrogens with zero attached hydrogens (tertiary/aromatic N) is 1. The first-order chi connectivity index (χ1) is 7.97. The third-order valence-corrected chi connectivity index (χ3v) is 3.05. The fourth-order valence-corrected chi connectivity index (χ4v) is 1.94. The quantitative estimate of drug-likeness (QED) is 0.792. The monoisotopic (exact) mass is 248 g/mol. The van der Waals surface area contributed by atoms with Crippen molar-refractivity contribution in [3.05, 3.63) is 23.4 Å².